The van der Waals surface area contributed by atoms with Crippen molar-refractivity contribution in [2.24, 2.45) is 11.8 Å². The number of fused-ring (bicyclic) bond motifs is 1. The van der Waals surface area contributed by atoms with Crippen molar-refractivity contribution in [3.05, 3.63) is 24.0 Å². The summed E-state index contributed by atoms with van der Waals surface area (Å²) in [5.74, 6) is 2.63. The van der Waals surface area contributed by atoms with Gasteiger partial charge in [0.25, 0.3) is 0 Å². The van der Waals surface area contributed by atoms with Crippen molar-refractivity contribution in [3.8, 4) is 0 Å². The van der Waals surface area contributed by atoms with E-state index in [0.29, 0.717) is 42.5 Å². The Kier molecular flexibility index (Phi) is 3.07. The highest BCUT2D eigenvalue weighted by atomic mass is 16.4. The number of nitrogens with zero attached hydrogens (tertiary/aromatic N) is 4. The van der Waals surface area contributed by atoms with Crippen LogP contribution in [0.25, 0.3) is 0 Å². The molecule has 2 aliphatic rings. The van der Waals surface area contributed by atoms with Crippen LogP contribution < -0.4 is 10.6 Å². The second-order valence-corrected chi connectivity index (χ2v) is 6.01. The van der Waals surface area contributed by atoms with Gasteiger partial charge in [-0.25, -0.2) is 9.78 Å². The SMILES string of the molecule is Cc1cc(Nc2ccnc(NC3[C@H]4CN(C(=O)O)C[C@@H]34)n2)n[nH]1. The molecule has 9 heteroatoms. The number of aryl methyl sites for hydroxylation is 1. The number of hydrogen-bond donors (Lipinski definition) is 4. The fourth-order valence-electron chi connectivity index (χ4n) is 3.16. The lowest BCUT2D eigenvalue weighted by Gasteiger charge is -2.16. The third-order valence-corrected chi connectivity index (χ3v) is 4.38. The zero-order chi connectivity index (χ0) is 16.0. The summed E-state index contributed by atoms with van der Waals surface area (Å²) in [4.78, 5) is 21.0. The lowest BCUT2D eigenvalue weighted by Crippen LogP contribution is -2.32. The van der Waals surface area contributed by atoms with E-state index in [4.69, 9.17) is 5.11 Å². The molecule has 2 aromatic rings. The summed E-state index contributed by atoms with van der Waals surface area (Å²) >= 11 is 0. The second kappa shape index (κ2) is 5.11. The van der Waals surface area contributed by atoms with Crippen molar-refractivity contribution < 1.29 is 9.90 Å². The number of nitrogens with one attached hydrogen (secondary N) is 3. The fourth-order valence-corrected chi connectivity index (χ4v) is 3.16. The molecule has 1 aliphatic heterocycles. The van der Waals surface area contributed by atoms with E-state index in [2.05, 4.69) is 30.8 Å². The Morgan fingerprint density at radius 3 is 2.83 bits per heavy atom. The summed E-state index contributed by atoms with van der Waals surface area (Å²) < 4.78 is 0. The Morgan fingerprint density at radius 1 is 1.39 bits per heavy atom. The minimum absolute atomic E-state index is 0.258. The van der Waals surface area contributed by atoms with Gasteiger partial charge in [0.2, 0.25) is 5.95 Å². The topological polar surface area (TPSA) is 119 Å². The number of hydrogen-bond acceptors (Lipinski definition) is 6. The molecule has 9 nitrogen and oxygen atoms in total. The van der Waals surface area contributed by atoms with Gasteiger partial charge in [-0.1, -0.05) is 0 Å². The van der Waals surface area contributed by atoms with Gasteiger partial charge in [0, 0.05) is 48.9 Å². The number of likely N-dealkylation sites (tertiary alicyclic amines) is 1. The number of piperidine rings is 1. The minimum Gasteiger partial charge on any atom is -0.465 e. The van der Waals surface area contributed by atoms with Gasteiger partial charge in [0.1, 0.15) is 5.82 Å². The van der Waals surface area contributed by atoms with Crippen molar-refractivity contribution >= 4 is 23.7 Å². The van der Waals surface area contributed by atoms with Crippen LogP contribution in [0, 0.1) is 18.8 Å². The van der Waals surface area contributed by atoms with Crippen LogP contribution in [0.15, 0.2) is 18.3 Å². The van der Waals surface area contributed by atoms with Crippen molar-refractivity contribution in [1.29, 1.82) is 0 Å². The third kappa shape index (κ3) is 2.65. The average Bonchev–Trinajstić information content (AvgIpc) is 2.90. The number of carbonyl (C=O) groups is 1. The summed E-state index contributed by atoms with van der Waals surface area (Å²) in [6.07, 6.45) is 0.839. The van der Waals surface area contributed by atoms with E-state index in [9.17, 15) is 4.79 Å². The minimum atomic E-state index is -0.840. The molecule has 3 heterocycles. The van der Waals surface area contributed by atoms with E-state index < -0.39 is 6.09 Å². The maximum atomic E-state index is 10.9. The quantitative estimate of drug-likeness (QED) is 0.671. The van der Waals surface area contributed by atoms with Gasteiger partial charge in [-0.05, 0) is 13.0 Å². The smallest absolute Gasteiger partial charge is 0.407 e. The summed E-state index contributed by atoms with van der Waals surface area (Å²) in [7, 11) is 0. The molecule has 3 atom stereocenters. The standard InChI is InChI=1S/C14H17N7O2/c1-7-4-11(20-19-7)16-10-2-3-15-13(17-10)18-12-8-5-21(14(22)23)6-9(8)12/h2-4,8-9,12H,5-6H2,1H3,(H,22,23)(H3,15,16,17,18,19,20)/t8-,9+,12?. The first kappa shape index (κ1) is 13.8. The lowest BCUT2D eigenvalue weighted by atomic mass is 10.4. The molecule has 1 aliphatic carbocycles. The van der Waals surface area contributed by atoms with E-state index in [-0.39, 0.29) is 6.04 Å². The van der Waals surface area contributed by atoms with Crippen molar-refractivity contribution in [1.82, 2.24) is 25.1 Å². The first-order chi connectivity index (χ1) is 11.1. The molecule has 0 aromatic carbocycles. The number of aromatic nitrogens is 4. The molecule has 2 fully saturated rings. The Hall–Kier alpha value is -2.84. The molecule has 23 heavy (non-hydrogen) atoms. The van der Waals surface area contributed by atoms with Gasteiger partial charge >= 0.3 is 6.09 Å². The van der Waals surface area contributed by atoms with Gasteiger partial charge in [-0.2, -0.15) is 10.1 Å². The predicted molar refractivity (Wildman–Crippen MR) is 82.6 cm³/mol. The van der Waals surface area contributed by atoms with Gasteiger partial charge in [0.15, 0.2) is 5.82 Å². The van der Waals surface area contributed by atoms with E-state index >= 15 is 0 Å². The zero-order valence-electron chi connectivity index (χ0n) is 12.5. The van der Waals surface area contributed by atoms with Crippen molar-refractivity contribution in [2.75, 3.05) is 23.7 Å². The summed E-state index contributed by atoms with van der Waals surface area (Å²) in [5.41, 5.74) is 0.966. The van der Waals surface area contributed by atoms with Crippen LogP contribution in [-0.2, 0) is 0 Å². The number of H-pyrrole nitrogens is 1. The first-order valence-corrected chi connectivity index (χ1v) is 7.46. The molecule has 1 saturated carbocycles. The maximum absolute atomic E-state index is 10.9. The normalized spacial score (nSPS) is 25.1. The summed E-state index contributed by atoms with van der Waals surface area (Å²) in [5, 5.41) is 22.3. The van der Waals surface area contributed by atoms with Crippen molar-refractivity contribution in [2.45, 2.75) is 13.0 Å². The number of aromatic amines is 1. The van der Waals surface area contributed by atoms with Crippen LogP contribution in [0.1, 0.15) is 5.69 Å². The monoisotopic (exact) mass is 315 g/mol. The first-order valence-electron chi connectivity index (χ1n) is 7.46. The molecule has 4 N–H and O–H groups in total. The molecular weight excluding hydrogens is 298 g/mol. The Morgan fingerprint density at radius 2 is 2.17 bits per heavy atom. The summed E-state index contributed by atoms with van der Waals surface area (Å²) in [6, 6.07) is 3.92. The van der Waals surface area contributed by atoms with Crippen LogP contribution >= 0.6 is 0 Å². The zero-order valence-corrected chi connectivity index (χ0v) is 12.5. The number of amides is 1. The van der Waals surface area contributed by atoms with Gasteiger partial charge in [-0.3, -0.25) is 5.10 Å². The Balaban J connectivity index is 1.38. The number of rotatable bonds is 4. The largest absolute Gasteiger partial charge is 0.465 e. The molecule has 0 bridgehead atoms. The van der Waals surface area contributed by atoms with E-state index in [1.807, 2.05) is 13.0 Å². The van der Waals surface area contributed by atoms with Crippen LogP contribution in [0.5, 0.6) is 0 Å². The van der Waals surface area contributed by atoms with E-state index in [1.165, 1.54) is 4.90 Å². The highest BCUT2D eigenvalue weighted by molar-refractivity contribution is 5.66. The molecule has 0 radical (unpaired) electrons. The second-order valence-electron chi connectivity index (χ2n) is 6.01. The maximum Gasteiger partial charge on any atom is 0.407 e. The van der Waals surface area contributed by atoms with Crippen molar-refractivity contribution in [3.63, 3.8) is 0 Å². The number of anilines is 3. The van der Waals surface area contributed by atoms with Gasteiger partial charge in [-0.15, -0.1) is 0 Å². The Labute approximate surface area is 132 Å². The van der Waals surface area contributed by atoms with Crippen LogP contribution in [0.3, 0.4) is 0 Å². The molecule has 1 unspecified atom stereocenters. The van der Waals surface area contributed by atoms with Crippen LogP contribution in [-0.4, -0.2) is 55.4 Å². The van der Waals surface area contributed by atoms with Crippen LogP contribution in [0.4, 0.5) is 22.4 Å². The molecular formula is C14H17N7O2. The molecule has 1 saturated heterocycles. The van der Waals surface area contributed by atoms with Crippen LogP contribution in [0.2, 0.25) is 0 Å². The molecule has 1 amide bonds. The predicted octanol–water partition coefficient (Wildman–Crippen LogP) is 1.27. The fraction of sp³-hybridized carbons (Fsp3) is 0.429. The summed E-state index contributed by atoms with van der Waals surface area (Å²) in [6.45, 7) is 3.10. The number of carboxylic acid groups (broad SMARTS) is 1. The Bertz CT molecular complexity index is 734. The lowest BCUT2D eigenvalue weighted by molar-refractivity contribution is 0.150. The molecule has 0 spiro atoms. The van der Waals surface area contributed by atoms with E-state index in [0.717, 1.165) is 5.69 Å². The van der Waals surface area contributed by atoms with Gasteiger partial charge in [0.05, 0.1) is 0 Å². The van der Waals surface area contributed by atoms with Gasteiger partial charge < -0.3 is 20.6 Å². The average molecular weight is 315 g/mol. The molecule has 120 valence electrons. The highest BCUT2D eigenvalue weighted by Gasteiger charge is 2.57. The highest BCUT2D eigenvalue weighted by Crippen LogP contribution is 2.46. The molecule has 4 rings (SSSR count). The third-order valence-electron chi connectivity index (χ3n) is 4.38. The molecule has 2 aromatic heterocycles. The van der Waals surface area contributed by atoms with E-state index in [1.54, 1.807) is 12.3 Å².